The van der Waals surface area contributed by atoms with Gasteiger partial charge in [0.25, 0.3) is 0 Å². The number of rotatable bonds is 7. The summed E-state index contributed by atoms with van der Waals surface area (Å²) in [6, 6.07) is 0.00841. The Morgan fingerprint density at radius 1 is 1.38 bits per heavy atom. The number of carbonyl (C=O) groups excluding carboxylic acids is 1. The quantitative estimate of drug-likeness (QED) is 0.722. The van der Waals surface area contributed by atoms with Crippen molar-refractivity contribution in [2.75, 3.05) is 19.3 Å². The standard InChI is InChI=1S/C14H29N3O3S/c1-11(2)13(15)10-14(18)17-9-5-4-6-12(17)7-8-16-21(3,19)20/h11-13,16H,4-10,15H2,1-3H3. The van der Waals surface area contributed by atoms with Crippen LogP contribution in [0.3, 0.4) is 0 Å². The number of amides is 1. The monoisotopic (exact) mass is 319 g/mol. The molecule has 0 radical (unpaired) electrons. The zero-order valence-corrected chi connectivity index (χ0v) is 14.2. The van der Waals surface area contributed by atoms with Crippen LogP contribution in [0.1, 0.15) is 46.0 Å². The molecule has 1 amide bonds. The zero-order valence-electron chi connectivity index (χ0n) is 13.3. The minimum atomic E-state index is -3.17. The van der Waals surface area contributed by atoms with E-state index in [0.717, 1.165) is 32.1 Å². The van der Waals surface area contributed by atoms with Crippen LogP contribution in [0.25, 0.3) is 0 Å². The van der Waals surface area contributed by atoms with Crippen LogP contribution in [0, 0.1) is 5.92 Å². The first-order valence-electron chi connectivity index (χ1n) is 7.70. The maximum absolute atomic E-state index is 12.4. The van der Waals surface area contributed by atoms with Crippen molar-refractivity contribution in [3.8, 4) is 0 Å². The van der Waals surface area contributed by atoms with E-state index in [2.05, 4.69) is 4.72 Å². The molecular formula is C14H29N3O3S. The Balaban J connectivity index is 2.54. The molecule has 0 saturated carbocycles. The van der Waals surface area contributed by atoms with E-state index in [1.807, 2.05) is 18.7 Å². The lowest BCUT2D eigenvalue weighted by atomic mass is 9.96. The fourth-order valence-electron chi connectivity index (χ4n) is 2.59. The van der Waals surface area contributed by atoms with Gasteiger partial charge in [0, 0.05) is 31.6 Å². The summed E-state index contributed by atoms with van der Waals surface area (Å²) in [4.78, 5) is 14.3. The van der Waals surface area contributed by atoms with Crippen LogP contribution >= 0.6 is 0 Å². The van der Waals surface area contributed by atoms with Crippen LogP contribution in [0.4, 0.5) is 0 Å². The van der Waals surface area contributed by atoms with Crippen LogP contribution in [0.15, 0.2) is 0 Å². The molecule has 7 heteroatoms. The second-order valence-electron chi connectivity index (χ2n) is 6.30. The van der Waals surface area contributed by atoms with E-state index in [-0.39, 0.29) is 23.9 Å². The van der Waals surface area contributed by atoms with E-state index in [4.69, 9.17) is 5.73 Å². The molecule has 1 rings (SSSR count). The number of hydrogen-bond acceptors (Lipinski definition) is 4. The Hall–Kier alpha value is -0.660. The van der Waals surface area contributed by atoms with Crippen molar-refractivity contribution >= 4 is 15.9 Å². The van der Waals surface area contributed by atoms with Gasteiger partial charge >= 0.3 is 0 Å². The summed E-state index contributed by atoms with van der Waals surface area (Å²) in [6.07, 6.45) is 5.22. The van der Waals surface area contributed by atoms with Crippen molar-refractivity contribution in [3.63, 3.8) is 0 Å². The van der Waals surface area contributed by atoms with E-state index < -0.39 is 10.0 Å². The van der Waals surface area contributed by atoms with Gasteiger partial charge in [-0.3, -0.25) is 4.79 Å². The highest BCUT2D eigenvalue weighted by Crippen LogP contribution is 2.21. The van der Waals surface area contributed by atoms with Crippen molar-refractivity contribution in [2.45, 2.75) is 58.0 Å². The molecule has 21 heavy (non-hydrogen) atoms. The van der Waals surface area contributed by atoms with E-state index in [9.17, 15) is 13.2 Å². The molecule has 1 heterocycles. The molecule has 0 aliphatic carbocycles. The second kappa shape index (κ2) is 8.10. The highest BCUT2D eigenvalue weighted by Gasteiger charge is 2.27. The molecule has 124 valence electrons. The van der Waals surface area contributed by atoms with Crippen molar-refractivity contribution in [2.24, 2.45) is 11.7 Å². The molecule has 1 saturated heterocycles. The topological polar surface area (TPSA) is 92.5 Å². The molecule has 3 N–H and O–H groups in total. The summed E-state index contributed by atoms with van der Waals surface area (Å²) < 4.78 is 24.7. The number of carbonyl (C=O) groups is 1. The Labute approximate surface area is 128 Å². The van der Waals surface area contributed by atoms with E-state index >= 15 is 0 Å². The molecular weight excluding hydrogens is 290 g/mol. The van der Waals surface area contributed by atoms with E-state index in [1.165, 1.54) is 0 Å². The number of hydrogen-bond donors (Lipinski definition) is 2. The minimum absolute atomic E-state index is 0.0975. The molecule has 2 unspecified atom stereocenters. The number of likely N-dealkylation sites (tertiary alicyclic amines) is 1. The van der Waals surface area contributed by atoms with Gasteiger partial charge in [0.2, 0.25) is 15.9 Å². The SMILES string of the molecule is CC(C)C(N)CC(=O)N1CCCCC1CCNS(C)(=O)=O. The normalized spacial score (nSPS) is 21.6. The Bertz CT molecular complexity index is 437. The predicted octanol–water partition coefficient (Wildman–Crippen LogP) is 0.680. The summed E-state index contributed by atoms with van der Waals surface area (Å²) in [7, 11) is -3.17. The van der Waals surface area contributed by atoms with E-state index in [1.54, 1.807) is 0 Å². The summed E-state index contributed by atoms with van der Waals surface area (Å²) >= 11 is 0. The van der Waals surface area contributed by atoms with E-state index in [0.29, 0.717) is 19.4 Å². The molecule has 0 aromatic heterocycles. The van der Waals surface area contributed by atoms with Crippen molar-refractivity contribution in [3.05, 3.63) is 0 Å². The first-order valence-corrected chi connectivity index (χ1v) is 9.59. The smallest absolute Gasteiger partial charge is 0.224 e. The first kappa shape index (κ1) is 18.4. The lowest BCUT2D eigenvalue weighted by molar-refractivity contribution is -0.135. The maximum atomic E-state index is 12.4. The molecule has 0 aromatic rings. The summed E-state index contributed by atoms with van der Waals surface area (Å²) in [5, 5.41) is 0. The van der Waals surface area contributed by atoms with Crippen LogP contribution in [-0.4, -0.2) is 50.7 Å². The second-order valence-corrected chi connectivity index (χ2v) is 8.14. The number of piperidine rings is 1. The highest BCUT2D eigenvalue weighted by molar-refractivity contribution is 7.88. The third-order valence-corrected chi connectivity index (χ3v) is 4.78. The van der Waals surface area contributed by atoms with Gasteiger partial charge in [-0.05, 0) is 31.6 Å². The van der Waals surface area contributed by atoms with Gasteiger partial charge in [0.15, 0.2) is 0 Å². The van der Waals surface area contributed by atoms with Gasteiger partial charge in [-0.1, -0.05) is 13.8 Å². The van der Waals surface area contributed by atoms with Gasteiger partial charge in [-0.25, -0.2) is 13.1 Å². The largest absolute Gasteiger partial charge is 0.340 e. The minimum Gasteiger partial charge on any atom is -0.340 e. The lowest BCUT2D eigenvalue weighted by Gasteiger charge is -2.36. The van der Waals surface area contributed by atoms with Crippen LogP contribution < -0.4 is 10.5 Å². The van der Waals surface area contributed by atoms with Crippen molar-refractivity contribution in [1.82, 2.24) is 9.62 Å². The molecule has 1 aliphatic heterocycles. The Kier molecular flexibility index (Phi) is 7.09. The summed E-state index contributed by atoms with van der Waals surface area (Å²) in [6.45, 7) is 5.17. The molecule has 2 atom stereocenters. The highest BCUT2D eigenvalue weighted by atomic mass is 32.2. The third-order valence-electron chi connectivity index (χ3n) is 4.06. The fourth-order valence-corrected chi connectivity index (χ4v) is 3.08. The number of sulfonamides is 1. The number of nitrogens with zero attached hydrogens (tertiary/aromatic N) is 1. The molecule has 0 spiro atoms. The van der Waals surface area contributed by atoms with Crippen LogP contribution in [0.2, 0.25) is 0 Å². The third kappa shape index (κ3) is 6.76. The predicted molar refractivity (Wildman–Crippen MR) is 84.2 cm³/mol. The Morgan fingerprint density at radius 3 is 2.62 bits per heavy atom. The van der Waals surface area contributed by atoms with Gasteiger partial charge in [-0.2, -0.15) is 0 Å². The fraction of sp³-hybridized carbons (Fsp3) is 0.929. The van der Waals surface area contributed by atoms with Gasteiger partial charge in [-0.15, -0.1) is 0 Å². The van der Waals surface area contributed by atoms with Gasteiger partial charge < -0.3 is 10.6 Å². The molecule has 0 bridgehead atoms. The van der Waals surface area contributed by atoms with Crippen LogP contribution in [-0.2, 0) is 14.8 Å². The maximum Gasteiger partial charge on any atom is 0.224 e. The molecule has 1 fully saturated rings. The first-order chi connectivity index (χ1) is 9.70. The molecule has 6 nitrogen and oxygen atoms in total. The lowest BCUT2D eigenvalue weighted by Crippen LogP contribution is -2.47. The van der Waals surface area contributed by atoms with Crippen LogP contribution in [0.5, 0.6) is 0 Å². The van der Waals surface area contributed by atoms with Crippen molar-refractivity contribution in [1.29, 1.82) is 0 Å². The number of nitrogens with two attached hydrogens (primary N) is 1. The number of nitrogens with one attached hydrogen (secondary N) is 1. The average molecular weight is 319 g/mol. The Morgan fingerprint density at radius 2 is 2.05 bits per heavy atom. The average Bonchev–Trinajstić information content (AvgIpc) is 2.37. The summed E-state index contributed by atoms with van der Waals surface area (Å²) in [5.74, 6) is 0.379. The van der Waals surface area contributed by atoms with Gasteiger partial charge in [0.05, 0.1) is 6.26 Å². The van der Waals surface area contributed by atoms with Gasteiger partial charge in [0.1, 0.15) is 0 Å². The molecule has 0 aromatic carbocycles. The zero-order chi connectivity index (χ0) is 16.0. The summed E-state index contributed by atoms with van der Waals surface area (Å²) in [5.41, 5.74) is 5.99. The molecule has 1 aliphatic rings. The van der Waals surface area contributed by atoms with Crippen molar-refractivity contribution < 1.29 is 13.2 Å².